The van der Waals surface area contributed by atoms with Crippen molar-refractivity contribution >= 4 is 17.7 Å². The third kappa shape index (κ3) is 2.30. The number of nitriles is 1. The van der Waals surface area contributed by atoms with Crippen LogP contribution < -0.4 is 5.32 Å². The van der Waals surface area contributed by atoms with Gasteiger partial charge in [-0.15, -0.1) is 0 Å². The van der Waals surface area contributed by atoms with Crippen LogP contribution in [-0.2, 0) is 4.79 Å². The number of hydrogen-bond acceptors (Lipinski definition) is 3. The second kappa shape index (κ2) is 4.89. The van der Waals surface area contributed by atoms with E-state index in [2.05, 4.69) is 17.6 Å². The molecule has 1 N–H and O–H groups in total. The smallest absolute Gasteiger partial charge is 0.240 e. The first-order valence-electron chi connectivity index (χ1n) is 6.41. The molecule has 17 heavy (non-hydrogen) atoms. The molecule has 4 heteroatoms. The lowest BCUT2D eigenvalue weighted by Crippen LogP contribution is -2.48. The zero-order chi connectivity index (χ0) is 12.4. The molecule has 2 aliphatic rings. The van der Waals surface area contributed by atoms with Crippen molar-refractivity contribution in [2.45, 2.75) is 49.7 Å². The first-order valence-corrected chi connectivity index (χ1v) is 7.64. The maximum atomic E-state index is 12.1. The predicted octanol–water partition coefficient (Wildman–Crippen LogP) is 2.47. The molecular weight excluding hydrogens is 232 g/mol. The second-order valence-electron chi connectivity index (χ2n) is 5.32. The summed E-state index contributed by atoms with van der Waals surface area (Å²) in [4.78, 5) is 12.1. The molecule has 0 radical (unpaired) electrons. The van der Waals surface area contributed by atoms with E-state index >= 15 is 0 Å². The quantitative estimate of drug-likeness (QED) is 0.836. The molecule has 0 unspecified atom stereocenters. The van der Waals surface area contributed by atoms with Crippen LogP contribution in [-0.4, -0.2) is 23.5 Å². The predicted molar refractivity (Wildman–Crippen MR) is 69.6 cm³/mol. The van der Waals surface area contributed by atoms with Crippen molar-refractivity contribution in [1.82, 2.24) is 5.32 Å². The summed E-state index contributed by atoms with van der Waals surface area (Å²) in [6, 6.07) is 2.20. The van der Waals surface area contributed by atoms with E-state index < -0.39 is 5.41 Å². The highest BCUT2D eigenvalue weighted by Crippen LogP contribution is 2.42. The van der Waals surface area contributed by atoms with Crippen molar-refractivity contribution < 1.29 is 4.79 Å². The SMILES string of the molecule is CSC1(CNC(=O)C2(C#N)CCC2)CCCC1. The van der Waals surface area contributed by atoms with Gasteiger partial charge in [0, 0.05) is 11.3 Å². The molecule has 1 amide bonds. The van der Waals surface area contributed by atoms with E-state index in [1.807, 2.05) is 11.8 Å². The summed E-state index contributed by atoms with van der Waals surface area (Å²) >= 11 is 1.87. The first kappa shape index (κ1) is 12.8. The van der Waals surface area contributed by atoms with Crippen molar-refractivity contribution in [2.24, 2.45) is 5.41 Å². The van der Waals surface area contributed by atoms with Gasteiger partial charge in [-0.05, 0) is 38.4 Å². The monoisotopic (exact) mass is 252 g/mol. The van der Waals surface area contributed by atoms with E-state index in [-0.39, 0.29) is 10.7 Å². The largest absolute Gasteiger partial charge is 0.353 e. The zero-order valence-electron chi connectivity index (χ0n) is 10.4. The number of hydrogen-bond donors (Lipinski definition) is 1. The fourth-order valence-electron chi connectivity index (χ4n) is 2.80. The Morgan fingerprint density at radius 3 is 2.35 bits per heavy atom. The Hall–Kier alpha value is -0.690. The lowest BCUT2D eigenvalue weighted by molar-refractivity contribution is -0.131. The minimum absolute atomic E-state index is 0.0356. The van der Waals surface area contributed by atoms with Gasteiger partial charge in [-0.3, -0.25) is 4.79 Å². The van der Waals surface area contributed by atoms with Gasteiger partial charge in [-0.1, -0.05) is 12.8 Å². The first-order chi connectivity index (χ1) is 8.16. The third-order valence-electron chi connectivity index (χ3n) is 4.37. The Labute approximate surface area is 107 Å². The van der Waals surface area contributed by atoms with Crippen molar-refractivity contribution in [2.75, 3.05) is 12.8 Å². The second-order valence-corrected chi connectivity index (χ2v) is 6.60. The summed E-state index contributed by atoms with van der Waals surface area (Å²) in [5, 5.41) is 12.1. The maximum absolute atomic E-state index is 12.1. The molecule has 2 aliphatic carbocycles. The highest BCUT2D eigenvalue weighted by Gasteiger charge is 2.45. The van der Waals surface area contributed by atoms with E-state index in [9.17, 15) is 4.79 Å². The highest BCUT2D eigenvalue weighted by molar-refractivity contribution is 8.00. The molecule has 0 aromatic carbocycles. The van der Waals surface area contributed by atoms with Gasteiger partial charge in [0.2, 0.25) is 5.91 Å². The number of carbonyl (C=O) groups excluding carboxylic acids is 1. The van der Waals surface area contributed by atoms with Crippen molar-refractivity contribution in [3.63, 3.8) is 0 Å². The molecule has 0 bridgehead atoms. The van der Waals surface area contributed by atoms with Crippen LogP contribution in [0.2, 0.25) is 0 Å². The molecular formula is C13H20N2OS. The fraction of sp³-hybridized carbons (Fsp3) is 0.846. The molecule has 94 valence electrons. The number of thioether (sulfide) groups is 1. The van der Waals surface area contributed by atoms with E-state index in [0.29, 0.717) is 0 Å². The Balaban J connectivity index is 1.89. The van der Waals surface area contributed by atoms with Crippen LogP contribution in [0.3, 0.4) is 0 Å². The van der Waals surface area contributed by atoms with Crippen LogP contribution in [0.4, 0.5) is 0 Å². The van der Waals surface area contributed by atoms with Crippen LogP contribution >= 0.6 is 11.8 Å². The van der Waals surface area contributed by atoms with Crippen molar-refractivity contribution in [3.05, 3.63) is 0 Å². The van der Waals surface area contributed by atoms with Gasteiger partial charge in [-0.2, -0.15) is 17.0 Å². The van der Waals surface area contributed by atoms with E-state index in [4.69, 9.17) is 5.26 Å². The summed E-state index contributed by atoms with van der Waals surface area (Å²) < 4.78 is 0.232. The molecule has 0 aromatic rings. The van der Waals surface area contributed by atoms with Crippen LogP contribution in [0.1, 0.15) is 44.9 Å². The van der Waals surface area contributed by atoms with Gasteiger partial charge in [-0.25, -0.2) is 0 Å². The van der Waals surface area contributed by atoms with Crippen molar-refractivity contribution in [3.8, 4) is 6.07 Å². The molecule has 0 spiro atoms. The minimum Gasteiger partial charge on any atom is -0.353 e. The number of amides is 1. The normalized spacial score (nSPS) is 24.7. The van der Waals surface area contributed by atoms with Gasteiger partial charge in [0.25, 0.3) is 0 Å². The summed E-state index contributed by atoms with van der Waals surface area (Å²) in [6.45, 7) is 0.733. The van der Waals surface area contributed by atoms with E-state index in [1.54, 1.807) is 0 Å². The third-order valence-corrected chi connectivity index (χ3v) is 5.79. The molecule has 0 atom stereocenters. The molecule has 0 saturated heterocycles. The average molecular weight is 252 g/mol. The lowest BCUT2D eigenvalue weighted by Gasteiger charge is -2.35. The van der Waals surface area contributed by atoms with E-state index in [1.165, 1.54) is 25.7 Å². The summed E-state index contributed by atoms with van der Waals surface area (Å²) in [6.07, 6.45) is 9.51. The Morgan fingerprint density at radius 1 is 1.29 bits per heavy atom. The van der Waals surface area contributed by atoms with Gasteiger partial charge >= 0.3 is 0 Å². The van der Waals surface area contributed by atoms with Crippen LogP contribution in [0, 0.1) is 16.7 Å². The summed E-state index contributed by atoms with van der Waals surface area (Å²) in [7, 11) is 0. The van der Waals surface area contributed by atoms with Crippen LogP contribution in [0.5, 0.6) is 0 Å². The fourth-order valence-corrected chi connectivity index (χ4v) is 3.72. The molecule has 0 aromatic heterocycles. The molecule has 2 saturated carbocycles. The molecule has 0 aliphatic heterocycles. The number of rotatable bonds is 4. The highest BCUT2D eigenvalue weighted by atomic mass is 32.2. The topological polar surface area (TPSA) is 52.9 Å². The number of nitrogens with zero attached hydrogens (tertiary/aromatic N) is 1. The van der Waals surface area contributed by atoms with Crippen molar-refractivity contribution in [1.29, 1.82) is 5.26 Å². The maximum Gasteiger partial charge on any atom is 0.240 e. The molecule has 2 fully saturated rings. The van der Waals surface area contributed by atoms with Gasteiger partial charge < -0.3 is 5.32 Å². The van der Waals surface area contributed by atoms with E-state index in [0.717, 1.165) is 25.8 Å². The lowest BCUT2D eigenvalue weighted by atomic mass is 9.69. The Kier molecular flexibility index (Phi) is 3.67. The molecule has 3 nitrogen and oxygen atoms in total. The molecule has 0 heterocycles. The minimum atomic E-state index is -0.696. The van der Waals surface area contributed by atoms with Crippen LogP contribution in [0.15, 0.2) is 0 Å². The summed E-state index contributed by atoms with van der Waals surface area (Å²) in [5.41, 5.74) is -0.696. The van der Waals surface area contributed by atoms with Gasteiger partial charge in [0.1, 0.15) is 5.41 Å². The zero-order valence-corrected chi connectivity index (χ0v) is 11.2. The molecule has 2 rings (SSSR count). The Morgan fingerprint density at radius 2 is 1.94 bits per heavy atom. The van der Waals surface area contributed by atoms with Gasteiger partial charge in [0.15, 0.2) is 0 Å². The Bertz CT molecular complexity index is 338. The summed E-state index contributed by atoms with van der Waals surface area (Å²) in [5.74, 6) is -0.0356. The number of nitrogens with one attached hydrogen (secondary N) is 1. The standard InChI is InChI=1S/C13H20N2OS/c1-17-13(7-2-3-8-13)10-15-11(16)12(9-14)5-4-6-12/h2-8,10H2,1H3,(H,15,16). The number of carbonyl (C=O) groups is 1. The van der Waals surface area contributed by atoms with Gasteiger partial charge in [0.05, 0.1) is 6.07 Å². The van der Waals surface area contributed by atoms with Crippen LogP contribution in [0.25, 0.3) is 0 Å². The average Bonchev–Trinajstić information content (AvgIpc) is 2.75.